The van der Waals surface area contributed by atoms with E-state index in [0.717, 1.165) is 12.2 Å². The van der Waals surface area contributed by atoms with E-state index in [-0.39, 0.29) is 18.0 Å². The second-order valence-electron chi connectivity index (χ2n) is 5.57. The molecule has 19 heavy (non-hydrogen) atoms. The van der Waals surface area contributed by atoms with Gasteiger partial charge in [0.05, 0.1) is 0 Å². The maximum absolute atomic E-state index is 12.3. The van der Waals surface area contributed by atoms with E-state index in [1.807, 2.05) is 7.05 Å². The lowest BCUT2D eigenvalue weighted by Crippen LogP contribution is -2.62. The molecule has 1 aliphatic heterocycles. The largest absolute Gasteiger partial charge is 0.354 e. The standard InChI is InChI=1S/C15H23N3O/c1-10-5-11(2)7-13(6-10)18-12(3)9-17(4)15(19)14(18)8-16/h5-7,12,14H,8-9,16H2,1-4H3. The van der Waals surface area contributed by atoms with Crippen molar-refractivity contribution < 1.29 is 4.79 Å². The van der Waals surface area contributed by atoms with E-state index in [1.165, 1.54) is 11.1 Å². The third-order valence-corrected chi connectivity index (χ3v) is 3.74. The van der Waals surface area contributed by atoms with Gasteiger partial charge in [0, 0.05) is 31.9 Å². The molecule has 1 aliphatic rings. The van der Waals surface area contributed by atoms with Crippen molar-refractivity contribution in [1.29, 1.82) is 0 Å². The second-order valence-corrected chi connectivity index (χ2v) is 5.57. The topological polar surface area (TPSA) is 49.6 Å². The number of benzene rings is 1. The maximum atomic E-state index is 12.3. The molecule has 1 fully saturated rings. The number of aryl methyl sites for hydroxylation is 2. The number of nitrogens with two attached hydrogens (primary N) is 1. The Morgan fingerprint density at radius 1 is 1.26 bits per heavy atom. The molecule has 2 N–H and O–H groups in total. The Balaban J connectivity index is 2.42. The van der Waals surface area contributed by atoms with Gasteiger partial charge in [0.25, 0.3) is 0 Å². The molecule has 0 radical (unpaired) electrons. The average molecular weight is 261 g/mol. The van der Waals surface area contributed by atoms with Crippen LogP contribution in [-0.2, 0) is 4.79 Å². The highest BCUT2D eigenvalue weighted by Gasteiger charge is 2.36. The van der Waals surface area contributed by atoms with Crippen LogP contribution in [0.2, 0.25) is 0 Å². The molecule has 4 heteroatoms. The van der Waals surface area contributed by atoms with E-state index in [2.05, 4.69) is 43.9 Å². The third kappa shape index (κ3) is 2.59. The number of rotatable bonds is 2. The van der Waals surface area contributed by atoms with E-state index < -0.39 is 0 Å². The lowest BCUT2D eigenvalue weighted by Gasteiger charge is -2.45. The summed E-state index contributed by atoms with van der Waals surface area (Å²) in [4.78, 5) is 16.2. The number of nitrogens with zero attached hydrogens (tertiary/aromatic N) is 2. The summed E-state index contributed by atoms with van der Waals surface area (Å²) in [5.74, 6) is 0.111. The number of carbonyl (C=O) groups is 1. The number of anilines is 1. The van der Waals surface area contributed by atoms with E-state index >= 15 is 0 Å². The maximum Gasteiger partial charge on any atom is 0.246 e. The highest BCUT2D eigenvalue weighted by atomic mass is 16.2. The number of carbonyl (C=O) groups excluding carboxylic acids is 1. The molecule has 4 nitrogen and oxygen atoms in total. The normalized spacial score (nSPS) is 23.9. The van der Waals surface area contributed by atoms with Gasteiger partial charge in [0.15, 0.2) is 0 Å². The van der Waals surface area contributed by atoms with Crippen LogP contribution in [0.4, 0.5) is 5.69 Å². The Bertz CT molecular complexity index is 466. The molecule has 2 atom stereocenters. The van der Waals surface area contributed by atoms with Crippen LogP contribution >= 0.6 is 0 Å². The molecular formula is C15H23N3O. The van der Waals surface area contributed by atoms with Crippen LogP contribution in [0.1, 0.15) is 18.1 Å². The van der Waals surface area contributed by atoms with Crippen LogP contribution in [-0.4, -0.2) is 43.0 Å². The first-order valence-corrected chi connectivity index (χ1v) is 6.75. The van der Waals surface area contributed by atoms with Crippen molar-refractivity contribution in [1.82, 2.24) is 4.90 Å². The minimum Gasteiger partial charge on any atom is -0.354 e. The molecule has 104 valence electrons. The quantitative estimate of drug-likeness (QED) is 0.873. The van der Waals surface area contributed by atoms with Crippen molar-refractivity contribution in [3.8, 4) is 0 Å². The van der Waals surface area contributed by atoms with Gasteiger partial charge in [-0.2, -0.15) is 0 Å². The van der Waals surface area contributed by atoms with Crippen molar-refractivity contribution in [2.75, 3.05) is 25.0 Å². The molecule has 0 bridgehead atoms. The lowest BCUT2D eigenvalue weighted by atomic mass is 10.0. The Morgan fingerprint density at radius 2 is 1.84 bits per heavy atom. The van der Waals surface area contributed by atoms with Crippen LogP contribution in [0.15, 0.2) is 18.2 Å². The first kappa shape index (κ1) is 13.9. The SMILES string of the molecule is Cc1cc(C)cc(N2C(C)CN(C)C(=O)C2CN)c1. The number of amides is 1. The summed E-state index contributed by atoms with van der Waals surface area (Å²) in [6.07, 6.45) is 0. The first-order valence-electron chi connectivity index (χ1n) is 6.75. The van der Waals surface area contributed by atoms with Gasteiger partial charge in [0.2, 0.25) is 5.91 Å². The summed E-state index contributed by atoms with van der Waals surface area (Å²) in [6, 6.07) is 6.42. The van der Waals surface area contributed by atoms with Crippen LogP contribution in [0.5, 0.6) is 0 Å². The van der Waals surface area contributed by atoms with Gasteiger partial charge in [-0.25, -0.2) is 0 Å². The summed E-state index contributed by atoms with van der Waals surface area (Å²) in [5, 5.41) is 0. The monoisotopic (exact) mass is 261 g/mol. The smallest absolute Gasteiger partial charge is 0.246 e. The molecule has 1 aromatic carbocycles. The van der Waals surface area contributed by atoms with Crippen molar-refractivity contribution >= 4 is 11.6 Å². The highest BCUT2D eigenvalue weighted by Crippen LogP contribution is 2.26. The van der Waals surface area contributed by atoms with Crippen molar-refractivity contribution in [3.05, 3.63) is 29.3 Å². The van der Waals surface area contributed by atoms with E-state index in [0.29, 0.717) is 6.54 Å². The fraction of sp³-hybridized carbons (Fsp3) is 0.533. The molecule has 2 unspecified atom stereocenters. The zero-order valence-electron chi connectivity index (χ0n) is 12.2. The van der Waals surface area contributed by atoms with E-state index in [9.17, 15) is 4.79 Å². The van der Waals surface area contributed by atoms with Crippen molar-refractivity contribution in [2.45, 2.75) is 32.9 Å². The molecule has 1 amide bonds. The summed E-state index contributed by atoms with van der Waals surface area (Å²) in [5.41, 5.74) is 9.36. The van der Waals surface area contributed by atoms with Gasteiger partial charge >= 0.3 is 0 Å². The minimum absolute atomic E-state index is 0.111. The van der Waals surface area contributed by atoms with Gasteiger partial charge in [-0.15, -0.1) is 0 Å². The summed E-state index contributed by atoms with van der Waals surface area (Å²) in [7, 11) is 1.85. The number of likely N-dealkylation sites (N-methyl/N-ethyl adjacent to an activating group) is 1. The molecule has 1 saturated heterocycles. The first-order chi connectivity index (χ1) is 8.93. The second kappa shape index (κ2) is 5.21. The van der Waals surface area contributed by atoms with Crippen molar-refractivity contribution in [2.24, 2.45) is 5.73 Å². The molecule has 1 heterocycles. The molecule has 1 aromatic rings. The van der Waals surface area contributed by atoms with Crippen LogP contribution in [0.25, 0.3) is 0 Å². The fourth-order valence-electron chi connectivity index (χ4n) is 3.00. The Kier molecular flexibility index (Phi) is 3.80. The zero-order chi connectivity index (χ0) is 14.2. The zero-order valence-corrected chi connectivity index (χ0v) is 12.2. The Labute approximate surface area is 115 Å². The number of piperazine rings is 1. The van der Waals surface area contributed by atoms with Crippen LogP contribution < -0.4 is 10.6 Å². The van der Waals surface area contributed by atoms with Gasteiger partial charge in [-0.1, -0.05) is 6.07 Å². The van der Waals surface area contributed by atoms with Crippen LogP contribution in [0, 0.1) is 13.8 Å². The molecule has 0 spiro atoms. The Morgan fingerprint density at radius 3 is 2.37 bits per heavy atom. The Hall–Kier alpha value is -1.55. The van der Waals surface area contributed by atoms with Crippen LogP contribution in [0.3, 0.4) is 0 Å². The van der Waals surface area contributed by atoms with Gasteiger partial charge in [-0.05, 0) is 44.0 Å². The third-order valence-electron chi connectivity index (χ3n) is 3.74. The fourth-order valence-corrected chi connectivity index (χ4v) is 3.00. The number of hydrogen-bond acceptors (Lipinski definition) is 3. The minimum atomic E-state index is -0.255. The predicted molar refractivity (Wildman–Crippen MR) is 78.3 cm³/mol. The van der Waals surface area contributed by atoms with Gasteiger partial charge < -0.3 is 15.5 Å². The number of hydrogen-bond donors (Lipinski definition) is 1. The van der Waals surface area contributed by atoms with Gasteiger partial charge in [0.1, 0.15) is 6.04 Å². The molecular weight excluding hydrogens is 238 g/mol. The molecule has 0 aromatic heterocycles. The highest BCUT2D eigenvalue weighted by molar-refractivity contribution is 5.87. The molecule has 0 saturated carbocycles. The molecule has 2 rings (SSSR count). The van der Waals surface area contributed by atoms with E-state index in [4.69, 9.17) is 5.73 Å². The average Bonchev–Trinajstić information content (AvgIpc) is 2.31. The molecule has 0 aliphatic carbocycles. The van der Waals surface area contributed by atoms with E-state index in [1.54, 1.807) is 4.90 Å². The summed E-state index contributed by atoms with van der Waals surface area (Å²) < 4.78 is 0. The van der Waals surface area contributed by atoms with Gasteiger partial charge in [-0.3, -0.25) is 4.79 Å². The summed E-state index contributed by atoms with van der Waals surface area (Å²) in [6.45, 7) is 7.39. The lowest BCUT2D eigenvalue weighted by molar-refractivity contribution is -0.133. The predicted octanol–water partition coefficient (Wildman–Crippen LogP) is 1.30. The van der Waals surface area contributed by atoms with Crippen molar-refractivity contribution in [3.63, 3.8) is 0 Å². The summed E-state index contributed by atoms with van der Waals surface area (Å²) >= 11 is 0.